The van der Waals surface area contributed by atoms with Gasteiger partial charge in [0.2, 0.25) is 35.4 Å². The number of aryl methyl sites for hydroxylation is 2. The second-order valence-corrected chi connectivity index (χ2v) is 23.1. The van der Waals surface area contributed by atoms with Crippen molar-refractivity contribution in [1.29, 1.82) is 0 Å². The number of aliphatic hydroxyl groups is 2. The maximum atomic E-state index is 14.4. The van der Waals surface area contributed by atoms with Gasteiger partial charge in [-0.25, -0.2) is 9.97 Å². The first-order valence-electron chi connectivity index (χ1n) is 23.8. The number of hydrogen-bond acceptors (Lipinski definition) is 14. The van der Waals surface area contributed by atoms with Gasteiger partial charge in [-0.05, 0) is 60.8 Å². The number of carbonyl (C=O) groups is 6. The number of hydrogen-bond donors (Lipinski definition) is 6. The number of aliphatic hydroxyl groups excluding tert-OH is 2. The number of nitrogens with zero attached hydrogens (tertiary/aromatic N) is 4. The summed E-state index contributed by atoms with van der Waals surface area (Å²) in [7, 11) is 2.43. The second-order valence-electron chi connectivity index (χ2n) is 18.8. The van der Waals surface area contributed by atoms with Gasteiger partial charge in [-0.3, -0.25) is 28.8 Å². The van der Waals surface area contributed by atoms with E-state index in [-0.39, 0.29) is 87.0 Å². The zero-order valence-corrected chi connectivity index (χ0v) is 43.9. The zero-order valence-electron chi connectivity index (χ0n) is 40.6. The number of amides is 6. The third-order valence-electron chi connectivity index (χ3n) is 12.3. The number of aromatic nitrogens is 2. The number of β-amino-alcohol motifs (C(OH)–C–C–N with tert-alkyl or cyclic N) is 2. The van der Waals surface area contributed by atoms with Crippen LogP contribution in [0.1, 0.15) is 88.7 Å². The van der Waals surface area contributed by atoms with Crippen molar-refractivity contribution in [3.8, 4) is 20.9 Å². The Kier molecular flexibility index (Phi) is 20.2. The van der Waals surface area contributed by atoms with Gasteiger partial charge in [-0.15, -0.1) is 22.7 Å². The Morgan fingerprint density at radius 3 is 1.33 bits per heavy atom. The minimum atomic E-state index is -1.08. The van der Waals surface area contributed by atoms with Gasteiger partial charge in [0.1, 0.15) is 24.2 Å². The van der Waals surface area contributed by atoms with E-state index in [1.54, 1.807) is 33.7 Å². The molecule has 0 bridgehead atoms. The number of thiazole rings is 2. The summed E-state index contributed by atoms with van der Waals surface area (Å²) in [6.45, 7) is 12.1. The lowest BCUT2D eigenvalue weighted by atomic mass is 10.1. The van der Waals surface area contributed by atoms with Crippen LogP contribution >= 0.6 is 44.3 Å². The van der Waals surface area contributed by atoms with Crippen molar-refractivity contribution in [2.45, 2.75) is 130 Å². The predicted molar refractivity (Wildman–Crippen MR) is 277 cm³/mol. The number of carbonyl (C=O) groups excluding carboxylic acids is 6. The van der Waals surface area contributed by atoms with Crippen LogP contribution in [-0.2, 0) is 41.9 Å². The smallest absolute Gasteiger partial charge is 0.246 e. The Balaban J connectivity index is 1.10. The molecule has 1 unspecified atom stereocenters. The molecule has 2 aromatic heterocycles. The van der Waals surface area contributed by atoms with Crippen molar-refractivity contribution < 1.29 is 39.0 Å². The fraction of sp³-hybridized carbons (Fsp3) is 0.520. The lowest BCUT2D eigenvalue weighted by Crippen LogP contribution is -2.54. The van der Waals surface area contributed by atoms with Crippen molar-refractivity contribution in [3.63, 3.8) is 0 Å². The highest BCUT2D eigenvalue weighted by atomic mass is 33.1. The highest BCUT2D eigenvalue weighted by Crippen LogP contribution is 2.30. The lowest BCUT2D eigenvalue weighted by Gasteiger charge is -2.29. The van der Waals surface area contributed by atoms with Crippen LogP contribution < -0.4 is 21.3 Å². The molecular weight excluding hydrogens is 969 g/mol. The predicted octanol–water partition coefficient (Wildman–Crippen LogP) is 5.63. The monoisotopic (exact) mass is 1030 g/mol. The Morgan fingerprint density at radius 2 is 1.00 bits per heavy atom. The first-order valence-corrected chi connectivity index (χ1v) is 28.1. The molecule has 4 heterocycles. The summed E-state index contributed by atoms with van der Waals surface area (Å²) >= 11 is 3.11. The SMILES string of the molecule is Cc1ncsc1-c1ccc(CNC(=O)C2C[C@H](O)CN2C(=O)[C@@H](CSSC[C@H](NC(=O)CCC(C)C)C(=O)N2C[C@H](O)C[C@H]2C(=O)NCc2ccc(-c3scnc3C)cc2)NC(=O)CCC(C)C)cc1. The normalized spacial score (nSPS) is 18.8. The molecule has 16 nitrogen and oxygen atoms in total. The van der Waals surface area contributed by atoms with Crippen LogP contribution in [0.4, 0.5) is 0 Å². The molecule has 2 aromatic carbocycles. The van der Waals surface area contributed by atoms with Gasteiger partial charge >= 0.3 is 0 Å². The van der Waals surface area contributed by atoms with E-state index in [1.807, 2.05) is 90.1 Å². The Labute approximate surface area is 426 Å². The summed E-state index contributed by atoms with van der Waals surface area (Å²) in [5, 5.41) is 33.1. The van der Waals surface area contributed by atoms with Gasteiger partial charge in [-0.1, -0.05) is 97.8 Å². The van der Waals surface area contributed by atoms with Crippen molar-refractivity contribution in [1.82, 2.24) is 41.0 Å². The quantitative estimate of drug-likeness (QED) is 0.0393. The van der Waals surface area contributed by atoms with Crippen LogP contribution in [0.2, 0.25) is 0 Å². The molecule has 2 aliphatic rings. The summed E-state index contributed by atoms with van der Waals surface area (Å²) in [6.07, 6.45) is -0.286. The van der Waals surface area contributed by atoms with E-state index in [4.69, 9.17) is 0 Å². The lowest BCUT2D eigenvalue weighted by molar-refractivity contribution is -0.141. The first kappa shape index (κ1) is 54.5. The van der Waals surface area contributed by atoms with Crippen molar-refractivity contribution in [3.05, 3.63) is 82.1 Å². The van der Waals surface area contributed by atoms with Crippen LogP contribution in [0.25, 0.3) is 20.9 Å². The molecule has 70 heavy (non-hydrogen) atoms. The molecule has 6 atom stereocenters. The van der Waals surface area contributed by atoms with Crippen LogP contribution in [0.15, 0.2) is 59.6 Å². The molecule has 0 saturated carbocycles. The summed E-state index contributed by atoms with van der Waals surface area (Å²) in [5.41, 5.74) is 9.23. The third-order valence-corrected chi connectivity index (χ3v) is 16.7. The molecule has 4 aromatic rings. The Bertz CT molecular complexity index is 2250. The van der Waals surface area contributed by atoms with Crippen LogP contribution in [0.3, 0.4) is 0 Å². The average molecular weight is 1040 g/mol. The van der Waals surface area contributed by atoms with Gasteiger partial charge < -0.3 is 41.3 Å². The van der Waals surface area contributed by atoms with E-state index in [1.165, 1.54) is 31.4 Å². The van der Waals surface area contributed by atoms with Gasteiger partial charge in [0.15, 0.2) is 0 Å². The molecule has 20 heteroatoms. The summed E-state index contributed by atoms with van der Waals surface area (Å²) in [6, 6.07) is 11.5. The molecule has 2 aliphatic heterocycles. The first-order chi connectivity index (χ1) is 33.5. The molecule has 6 rings (SSSR count). The van der Waals surface area contributed by atoms with E-state index in [2.05, 4.69) is 31.2 Å². The standard InChI is InChI=1S/C50H66N8O8S4/c1-29(2)7-17-43(61)55-39(49(65)57-23-37(59)19-41(57)47(63)51-21-33-9-13-35(14-10-33)45-31(5)53-27-67-45)25-69-70-26-40(56-44(62)18-8-30(3)4)50(66)58-24-38(60)20-42(58)48(64)52-22-34-11-15-36(16-12-34)46-32(6)54-28-68-46/h9-16,27-30,37-42,59-60H,7-8,17-26H2,1-6H3,(H,51,63)(H,52,64)(H,55,61)(H,56,62)/t37-,38+,39+,40-,41+,42?/m1/s1. The Morgan fingerprint density at radius 1 is 0.629 bits per heavy atom. The fourth-order valence-electron chi connectivity index (χ4n) is 8.29. The maximum absolute atomic E-state index is 14.4. The topological polar surface area (TPSA) is 223 Å². The molecule has 6 N–H and O–H groups in total. The minimum absolute atomic E-state index is 0.0303. The second kappa shape index (κ2) is 26.0. The van der Waals surface area contributed by atoms with Crippen molar-refractivity contribution >= 4 is 79.7 Å². The molecule has 0 spiro atoms. The highest BCUT2D eigenvalue weighted by Gasteiger charge is 2.43. The van der Waals surface area contributed by atoms with Crippen molar-refractivity contribution in [2.24, 2.45) is 11.8 Å². The number of benzene rings is 2. The van der Waals surface area contributed by atoms with E-state index >= 15 is 0 Å². The molecule has 378 valence electrons. The van der Waals surface area contributed by atoms with E-state index in [9.17, 15) is 39.0 Å². The summed E-state index contributed by atoms with van der Waals surface area (Å²) in [5.74, 6) is -1.99. The molecule has 2 fully saturated rings. The number of nitrogens with one attached hydrogen (secondary N) is 4. The zero-order chi connectivity index (χ0) is 50.5. The fourth-order valence-corrected chi connectivity index (χ4v) is 12.2. The molecule has 2 saturated heterocycles. The third kappa shape index (κ3) is 15.3. The van der Waals surface area contributed by atoms with Gasteiger partial charge in [-0.2, -0.15) is 0 Å². The molecule has 6 amide bonds. The van der Waals surface area contributed by atoms with Gasteiger partial charge in [0.25, 0.3) is 0 Å². The van der Waals surface area contributed by atoms with E-state index < -0.39 is 60.0 Å². The van der Waals surface area contributed by atoms with Crippen LogP contribution in [0.5, 0.6) is 0 Å². The summed E-state index contributed by atoms with van der Waals surface area (Å²) in [4.78, 5) is 96.1. The van der Waals surface area contributed by atoms with Crippen LogP contribution in [0, 0.1) is 25.7 Å². The Hall–Kier alpha value is -4.86. The highest BCUT2D eigenvalue weighted by molar-refractivity contribution is 8.76. The molecular formula is C50H66N8O8S4. The van der Waals surface area contributed by atoms with Gasteiger partial charge in [0, 0.05) is 63.4 Å². The maximum Gasteiger partial charge on any atom is 0.246 e. The largest absolute Gasteiger partial charge is 0.391 e. The van der Waals surface area contributed by atoms with E-state index in [0.29, 0.717) is 12.8 Å². The molecule has 0 aliphatic carbocycles. The number of rotatable bonds is 23. The van der Waals surface area contributed by atoms with Gasteiger partial charge in [0.05, 0.1) is 44.4 Å². The average Bonchev–Trinajstić information content (AvgIpc) is 4.16. The summed E-state index contributed by atoms with van der Waals surface area (Å²) < 4.78 is 0. The van der Waals surface area contributed by atoms with E-state index in [0.717, 1.165) is 43.4 Å². The van der Waals surface area contributed by atoms with Crippen LogP contribution in [-0.4, -0.2) is 126 Å². The number of likely N-dealkylation sites (tertiary alicyclic amines) is 2. The molecule has 0 radical (unpaired) electrons. The minimum Gasteiger partial charge on any atom is -0.391 e. The van der Waals surface area contributed by atoms with Crippen molar-refractivity contribution in [2.75, 3.05) is 24.6 Å².